The van der Waals surface area contributed by atoms with Crippen molar-refractivity contribution in [2.45, 2.75) is 25.3 Å². The molecular weight excluding hydrogens is 292 g/mol. The van der Waals surface area contributed by atoms with E-state index in [0.29, 0.717) is 23.7 Å². The number of hydrogen-bond donors (Lipinski definition) is 2. The number of carbonyl (C=O) groups excluding carboxylic acids is 2. The first kappa shape index (κ1) is 15.3. The lowest BCUT2D eigenvalue weighted by atomic mass is 10.1. The second-order valence-electron chi connectivity index (χ2n) is 6.06. The van der Waals surface area contributed by atoms with E-state index in [1.807, 2.05) is 18.2 Å². The summed E-state index contributed by atoms with van der Waals surface area (Å²) >= 11 is 0. The van der Waals surface area contributed by atoms with E-state index in [9.17, 15) is 9.59 Å². The van der Waals surface area contributed by atoms with Crippen molar-refractivity contribution in [3.8, 4) is 0 Å². The Hall–Kier alpha value is -2.63. The topological polar surface area (TPSA) is 78.1 Å². The molecule has 1 aliphatic carbocycles. The molecule has 1 fully saturated rings. The summed E-state index contributed by atoms with van der Waals surface area (Å²) in [6.45, 7) is 0.404. The Morgan fingerprint density at radius 2 is 1.96 bits per heavy atom. The Balaban J connectivity index is 1.56. The van der Waals surface area contributed by atoms with E-state index < -0.39 is 0 Å². The first-order valence-corrected chi connectivity index (χ1v) is 7.68. The molecule has 6 heteroatoms. The minimum absolute atomic E-state index is 0.0373. The van der Waals surface area contributed by atoms with Gasteiger partial charge in [0, 0.05) is 37.8 Å². The zero-order valence-corrected chi connectivity index (χ0v) is 13.3. The standard InChI is InChI=1S/C17H20N4O2/c1-21(2)17(23)13-5-3-11(4-6-13)10-18-16(22)15-9-14(19-20-15)12-7-8-12/h3-6,9,12H,7-8,10H2,1-2H3,(H,18,22)(H,19,20). The fraction of sp³-hybridized carbons (Fsp3) is 0.353. The third kappa shape index (κ3) is 3.59. The molecule has 1 aliphatic rings. The van der Waals surface area contributed by atoms with Gasteiger partial charge in [0.15, 0.2) is 0 Å². The smallest absolute Gasteiger partial charge is 0.272 e. The van der Waals surface area contributed by atoms with Crippen LogP contribution >= 0.6 is 0 Å². The second kappa shape index (κ2) is 6.24. The summed E-state index contributed by atoms with van der Waals surface area (Å²) in [5.74, 6) is 0.317. The maximum Gasteiger partial charge on any atom is 0.272 e. The number of aromatic nitrogens is 2. The highest BCUT2D eigenvalue weighted by Crippen LogP contribution is 2.38. The fourth-order valence-corrected chi connectivity index (χ4v) is 2.35. The molecule has 0 radical (unpaired) electrons. The lowest BCUT2D eigenvalue weighted by Crippen LogP contribution is -2.23. The van der Waals surface area contributed by atoms with E-state index in [2.05, 4.69) is 15.5 Å². The van der Waals surface area contributed by atoms with Gasteiger partial charge in [-0.25, -0.2) is 0 Å². The SMILES string of the molecule is CN(C)C(=O)c1ccc(CNC(=O)c2cc(C3CC3)[nH]n2)cc1. The van der Waals surface area contributed by atoms with Gasteiger partial charge in [0.1, 0.15) is 5.69 Å². The molecule has 120 valence electrons. The third-order valence-electron chi connectivity index (χ3n) is 3.91. The zero-order chi connectivity index (χ0) is 16.4. The van der Waals surface area contributed by atoms with Crippen LogP contribution in [-0.2, 0) is 6.54 Å². The molecule has 2 N–H and O–H groups in total. The molecule has 0 spiro atoms. The maximum atomic E-state index is 12.1. The van der Waals surface area contributed by atoms with Crippen molar-refractivity contribution in [1.82, 2.24) is 20.4 Å². The molecule has 0 bridgehead atoms. The van der Waals surface area contributed by atoms with Crippen LogP contribution in [0, 0.1) is 0 Å². The molecule has 0 aliphatic heterocycles. The number of nitrogens with zero attached hydrogens (tertiary/aromatic N) is 2. The third-order valence-corrected chi connectivity index (χ3v) is 3.91. The van der Waals surface area contributed by atoms with Crippen molar-refractivity contribution in [2.24, 2.45) is 0 Å². The molecule has 1 aromatic carbocycles. The van der Waals surface area contributed by atoms with Crippen LogP contribution in [0.4, 0.5) is 0 Å². The highest BCUT2D eigenvalue weighted by atomic mass is 16.2. The molecular formula is C17H20N4O2. The number of aromatic amines is 1. The van der Waals surface area contributed by atoms with Crippen LogP contribution in [0.5, 0.6) is 0 Å². The van der Waals surface area contributed by atoms with Crippen molar-refractivity contribution >= 4 is 11.8 Å². The van der Waals surface area contributed by atoms with Gasteiger partial charge in [-0.05, 0) is 36.6 Å². The summed E-state index contributed by atoms with van der Waals surface area (Å²) < 4.78 is 0. The summed E-state index contributed by atoms with van der Waals surface area (Å²) in [7, 11) is 3.44. The van der Waals surface area contributed by atoms with Gasteiger partial charge in [0.05, 0.1) is 0 Å². The van der Waals surface area contributed by atoms with E-state index in [1.54, 1.807) is 26.2 Å². The molecule has 0 atom stereocenters. The minimum Gasteiger partial charge on any atom is -0.347 e. The van der Waals surface area contributed by atoms with Crippen LogP contribution in [0.3, 0.4) is 0 Å². The number of nitrogens with one attached hydrogen (secondary N) is 2. The molecule has 0 saturated heterocycles. The Kier molecular flexibility index (Phi) is 4.14. The van der Waals surface area contributed by atoms with Gasteiger partial charge in [0.25, 0.3) is 11.8 Å². The van der Waals surface area contributed by atoms with Crippen molar-refractivity contribution in [3.05, 3.63) is 52.8 Å². The van der Waals surface area contributed by atoms with Crippen molar-refractivity contribution in [1.29, 1.82) is 0 Å². The molecule has 0 unspecified atom stereocenters. The quantitative estimate of drug-likeness (QED) is 0.885. The van der Waals surface area contributed by atoms with Gasteiger partial charge in [-0.15, -0.1) is 0 Å². The summed E-state index contributed by atoms with van der Waals surface area (Å²) in [6, 6.07) is 9.05. The number of carbonyl (C=O) groups is 2. The lowest BCUT2D eigenvalue weighted by molar-refractivity contribution is 0.0827. The lowest BCUT2D eigenvalue weighted by Gasteiger charge is -2.10. The highest BCUT2D eigenvalue weighted by Gasteiger charge is 2.26. The maximum absolute atomic E-state index is 12.1. The van der Waals surface area contributed by atoms with Gasteiger partial charge in [0.2, 0.25) is 0 Å². The molecule has 1 heterocycles. The van der Waals surface area contributed by atoms with Crippen molar-refractivity contribution in [3.63, 3.8) is 0 Å². The predicted octanol–water partition coefficient (Wildman–Crippen LogP) is 1.92. The first-order valence-electron chi connectivity index (χ1n) is 7.68. The second-order valence-corrected chi connectivity index (χ2v) is 6.06. The largest absolute Gasteiger partial charge is 0.347 e. The van der Waals surface area contributed by atoms with E-state index in [4.69, 9.17) is 0 Å². The molecule has 1 saturated carbocycles. The van der Waals surface area contributed by atoms with Gasteiger partial charge >= 0.3 is 0 Å². The van der Waals surface area contributed by atoms with E-state index in [0.717, 1.165) is 11.3 Å². The average Bonchev–Trinajstić information content (AvgIpc) is 3.29. The van der Waals surface area contributed by atoms with E-state index in [1.165, 1.54) is 17.7 Å². The predicted molar refractivity (Wildman–Crippen MR) is 86.2 cm³/mol. The molecule has 2 aromatic rings. The van der Waals surface area contributed by atoms with Gasteiger partial charge in [-0.2, -0.15) is 5.10 Å². The van der Waals surface area contributed by atoms with Crippen molar-refractivity contribution in [2.75, 3.05) is 14.1 Å². The molecule has 3 rings (SSSR count). The monoisotopic (exact) mass is 312 g/mol. The number of amides is 2. The Morgan fingerprint density at radius 1 is 1.26 bits per heavy atom. The van der Waals surface area contributed by atoms with Crippen LogP contribution in [0.2, 0.25) is 0 Å². The average molecular weight is 312 g/mol. The molecule has 2 amide bonds. The van der Waals surface area contributed by atoms with Gasteiger partial charge in [-0.3, -0.25) is 14.7 Å². The molecule has 6 nitrogen and oxygen atoms in total. The minimum atomic E-state index is -0.193. The fourth-order valence-electron chi connectivity index (χ4n) is 2.35. The summed E-state index contributed by atoms with van der Waals surface area (Å²) in [5, 5.41) is 9.83. The Morgan fingerprint density at radius 3 is 2.57 bits per heavy atom. The number of benzene rings is 1. The summed E-state index contributed by atoms with van der Waals surface area (Å²) in [4.78, 5) is 25.4. The summed E-state index contributed by atoms with van der Waals surface area (Å²) in [6.07, 6.45) is 2.34. The Bertz CT molecular complexity index is 714. The van der Waals surface area contributed by atoms with Crippen LogP contribution < -0.4 is 5.32 Å². The van der Waals surface area contributed by atoms with Crippen LogP contribution in [0.25, 0.3) is 0 Å². The van der Waals surface area contributed by atoms with Gasteiger partial charge < -0.3 is 10.2 Å². The number of hydrogen-bond acceptors (Lipinski definition) is 3. The van der Waals surface area contributed by atoms with E-state index in [-0.39, 0.29) is 11.8 Å². The van der Waals surface area contributed by atoms with Crippen LogP contribution in [0.15, 0.2) is 30.3 Å². The van der Waals surface area contributed by atoms with Gasteiger partial charge in [-0.1, -0.05) is 12.1 Å². The molecule has 23 heavy (non-hydrogen) atoms. The molecule has 1 aromatic heterocycles. The van der Waals surface area contributed by atoms with Crippen molar-refractivity contribution < 1.29 is 9.59 Å². The van der Waals surface area contributed by atoms with Crippen LogP contribution in [0.1, 0.15) is 50.9 Å². The highest BCUT2D eigenvalue weighted by molar-refractivity contribution is 5.94. The number of rotatable bonds is 5. The van der Waals surface area contributed by atoms with Crippen LogP contribution in [-0.4, -0.2) is 41.0 Å². The number of H-pyrrole nitrogens is 1. The Labute approximate surface area is 134 Å². The van der Waals surface area contributed by atoms with E-state index >= 15 is 0 Å². The summed E-state index contributed by atoms with van der Waals surface area (Å²) in [5.41, 5.74) is 3.03. The zero-order valence-electron chi connectivity index (χ0n) is 13.3. The first-order chi connectivity index (χ1) is 11.0. The normalized spacial score (nSPS) is 13.7.